The number of nitrogens with two attached hydrogens (primary N) is 1. The zero-order chi connectivity index (χ0) is 27.5. The lowest BCUT2D eigenvalue weighted by molar-refractivity contribution is -0.135. The number of fused-ring (bicyclic) bond motifs is 1. The third-order valence-electron chi connectivity index (χ3n) is 7.21. The van der Waals surface area contributed by atoms with Gasteiger partial charge in [-0.25, -0.2) is 14.2 Å². The fourth-order valence-electron chi connectivity index (χ4n) is 4.90. The first kappa shape index (κ1) is 31.8. The molecule has 0 radical (unpaired) electrons. The van der Waals surface area contributed by atoms with Crippen molar-refractivity contribution in [2.24, 2.45) is 5.73 Å². The van der Waals surface area contributed by atoms with E-state index in [4.69, 9.17) is 15.5 Å². The summed E-state index contributed by atoms with van der Waals surface area (Å²) in [5.74, 6) is 1.000. The number of anilines is 3. The fraction of sp³-hybridized carbons (Fsp3) is 0.258. The molecule has 0 saturated carbocycles. The molecule has 10 heteroatoms. The number of nitrogens with zero attached hydrogens (tertiary/aromatic N) is 3. The zero-order valence-corrected chi connectivity index (χ0v) is 24.8. The Morgan fingerprint density at radius 2 is 1.78 bits per heavy atom. The highest BCUT2D eigenvalue weighted by Crippen LogP contribution is 2.37. The van der Waals surface area contributed by atoms with E-state index in [-0.39, 0.29) is 36.7 Å². The molecule has 5 rings (SSSR count). The molecule has 7 nitrogen and oxygen atoms in total. The highest BCUT2D eigenvalue weighted by Gasteiger charge is 2.28. The molecule has 2 unspecified atom stereocenters. The second-order valence-corrected chi connectivity index (χ2v) is 9.91. The van der Waals surface area contributed by atoms with E-state index in [1.54, 1.807) is 12.1 Å². The molecule has 0 spiro atoms. The van der Waals surface area contributed by atoms with Gasteiger partial charge in [-0.3, -0.25) is 0 Å². The van der Waals surface area contributed by atoms with Crippen LogP contribution in [0.15, 0.2) is 72.8 Å². The lowest BCUT2D eigenvalue weighted by Crippen LogP contribution is -2.37. The standard InChI is InChI=1S/C31H32FN5O2.2ClH/c1-19-20(2)34-31(35-25-12-10-24(32)11-13-25)36-29(19)37-16-15-23-9-14-26(18-27(23)21(37)3)39-30(38)28(33)17-22-7-5-4-6-8-22;;/h4-14,18,21,28H,15-17,33H2,1-3H3,(H,34,35,36);2*1H. The minimum atomic E-state index is -0.754. The van der Waals surface area contributed by atoms with Gasteiger partial charge in [0.1, 0.15) is 23.4 Å². The Labute approximate surface area is 252 Å². The molecule has 1 aliphatic heterocycles. The van der Waals surface area contributed by atoms with Gasteiger partial charge in [-0.15, -0.1) is 24.8 Å². The predicted octanol–water partition coefficient (Wildman–Crippen LogP) is 6.42. The monoisotopic (exact) mass is 597 g/mol. The molecule has 3 aromatic carbocycles. The number of aryl methyl sites for hydroxylation is 1. The SMILES string of the molecule is Cc1nc(Nc2ccc(F)cc2)nc(N2CCc3ccc(OC(=O)C(N)Cc4ccccc4)cc3C2C)c1C.Cl.Cl. The van der Waals surface area contributed by atoms with Crippen LogP contribution in [0.4, 0.5) is 21.8 Å². The van der Waals surface area contributed by atoms with E-state index < -0.39 is 12.0 Å². The molecule has 0 bridgehead atoms. The van der Waals surface area contributed by atoms with E-state index in [1.165, 1.54) is 17.7 Å². The van der Waals surface area contributed by atoms with Gasteiger partial charge in [-0.2, -0.15) is 4.98 Å². The van der Waals surface area contributed by atoms with Gasteiger partial charge in [0.25, 0.3) is 0 Å². The van der Waals surface area contributed by atoms with Crippen molar-refractivity contribution in [2.75, 3.05) is 16.8 Å². The van der Waals surface area contributed by atoms with Crippen LogP contribution in [0.1, 0.15) is 40.9 Å². The molecular formula is C31H34Cl2FN5O2. The summed E-state index contributed by atoms with van der Waals surface area (Å²) in [6.45, 7) is 6.87. The number of aromatic nitrogens is 2. The fourth-order valence-corrected chi connectivity index (χ4v) is 4.90. The lowest BCUT2D eigenvalue weighted by Gasteiger charge is -2.37. The van der Waals surface area contributed by atoms with Crippen molar-refractivity contribution in [1.82, 2.24) is 9.97 Å². The highest BCUT2D eigenvalue weighted by molar-refractivity contribution is 5.85. The maximum atomic E-state index is 13.3. The summed E-state index contributed by atoms with van der Waals surface area (Å²) in [5.41, 5.74) is 12.0. The van der Waals surface area contributed by atoms with E-state index in [9.17, 15) is 9.18 Å². The Morgan fingerprint density at radius 3 is 2.49 bits per heavy atom. The first-order valence-electron chi connectivity index (χ1n) is 13.1. The molecule has 0 saturated heterocycles. The largest absolute Gasteiger partial charge is 0.425 e. The minimum Gasteiger partial charge on any atom is -0.425 e. The van der Waals surface area contributed by atoms with Crippen molar-refractivity contribution in [1.29, 1.82) is 0 Å². The molecule has 1 aliphatic rings. The van der Waals surface area contributed by atoms with Crippen LogP contribution in [-0.4, -0.2) is 28.5 Å². The normalized spacial score (nSPS) is 14.7. The number of nitrogens with one attached hydrogen (secondary N) is 1. The Bertz CT molecular complexity index is 1490. The second-order valence-electron chi connectivity index (χ2n) is 9.91. The predicted molar refractivity (Wildman–Crippen MR) is 165 cm³/mol. The number of hydrogen-bond donors (Lipinski definition) is 2. The van der Waals surface area contributed by atoms with Crippen LogP contribution < -0.4 is 20.7 Å². The quantitative estimate of drug-likeness (QED) is 0.187. The summed E-state index contributed by atoms with van der Waals surface area (Å²) in [7, 11) is 0. The Kier molecular flexibility index (Phi) is 10.7. The van der Waals surface area contributed by atoms with Gasteiger partial charge in [-0.1, -0.05) is 36.4 Å². The molecule has 4 aromatic rings. The maximum absolute atomic E-state index is 13.3. The highest BCUT2D eigenvalue weighted by atomic mass is 35.5. The van der Waals surface area contributed by atoms with E-state index in [2.05, 4.69) is 22.1 Å². The number of hydrogen-bond acceptors (Lipinski definition) is 7. The van der Waals surface area contributed by atoms with Crippen LogP contribution in [0.25, 0.3) is 0 Å². The molecular weight excluding hydrogens is 564 g/mol. The van der Waals surface area contributed by atoms with Crippen LogP contribution in [0.3, 0.4) is 0 Å². The third-order valence-corrected chi connectivity index (χ3v) is 7.21. The number of rotatable bonds is 7. The molecule has 0 amide bonds. The van der Waals surface area contributed by atoms with Crippen molar-refractivity contribution in [3.8, 4) is 5.75 Å². The Balaban J connectivity index is 0.00000231. The van der Waals surface area contributed by atoms with Gasteiger partial charge < -0.3 is 20.7 Å². The summed E-state index contributed by atoms with van der Waals surface area (Å²) < 4.78 is 19.0. The van der Waals surface area contributed by atoms with Gasteiger partial charge in [0.15, 0.2) is 0 Å². The van der Waals surface area contributed by atoms with Crippen LogP contribution in [0, 0.1) is 19.7 Å². The van der Waals surface area contributed by atoms with Crippen LogP contribution in [0.5, 0.6) is 5.75 Å². The molecule has 41 heavy (non-hydrogen) atoms. The summed E-state index contributed by atoms with van der Waals surface area (Å²) in [4.78, 5) is 24.4. The van der Waals surface area contributed by atoms with E-state index in [1.807, 2.05) is 62.4 Å². The van der Waals surface area contributed by atoms with Crippen molar-refractivity contribution in [3.05, 3.63) is 107 Å². The number of ether oxygens (including phenoxy) is 1. The molecule has 1 aromatic heterocycles. The van der Waals surface area contributed by atoms with E-state index in [0.29, 0.717) is 23.8 Å². The first-order chi connectivity index (χ1) is 18.8. The summed E-state index contributed by atoms with van der Waals surface area (Å²) in [5, 5.41) is 3.19. The second kappa shape index (κ2) is 13.8. The van der Waals surface area contributed by atoms with Crippen LogP contribution in [0.2, 0.25) is 0 Å². The number of carbonyl (C=O) groups excluding carboxylic acids is 1. The summed E-state index contributed by atoms with van der Waals surface area (Å²) in [6, 6.07) is 20.8. The Hall–Kier alpha value is -3.72. The summed E-state index contributed by atoms with van der Waals surface area (Å²) in [6.07, 6.45) is 1.24. The van der Waals surface area contributed by atoms with Gasteiger partial charge in [0.2, 0.25) is 5.95 Å². The van der Waals surface area contributed by atoms with Crippen molar-refractivity contribution >= 4 is 48.2 Å². The topological polar surface area (TPSA) is 93.4 Å². The number of esters is 1. The molecule has 0 fully saturated rings. The molecule has 2 atom stereocenters. The van der Waals surface area contributed by atoms with E-state index in [0.717, 1.165) is 41.2 Å². The van der Waals surface area contributed by atoms with Gasteiger partial charge in [0, 0.05) is 23.5 Å². The van der Waals surface area contributed by atoms with Gasteiger partial charge in [0.05, 0.1) is 6.04 Å². The number of halogens is 3. The average molecular weight is 599 g/mol. The van der Waals surface area contributed by atoms with Crippen molar-refractivity contribution < 1.29 is 13.9 Å². The first-order valence-corrected chi connectivity index (χ1v) is 13.1. The molecule has 2 heterocycles. The molecule has 3 N–H and O–H groups in total. The lowest BCUT2D eigenvalue weighted by atomic mass is 9.93. The number of carbonyl (C=O) groups is 1. The van der Waals surface area contributed by atoms with Gasteiger partial charge in [-0.05, 0) is 86.7 Å². The molecule has 216 valence electrons. The van der Waals surface area contributed by atoms with Gasteiger partial charge >= 0.3 is 5.97 Å². The number of benzene rings is 3. The smallest absolute Gasteiger partial charge is 0.328 e. The maximum Gasteiger partial charge on any atom is 0.328 e. The van der Waals surface area contributed by atoms with Crippen LogP contribution in [-0.2, 0) is 17.6 Å². The molecule has 0 aliphatic carbocycles. The van der Waals surface area contributed by atoms with E-state index >= 15 is 0 Å². The third kappa shape index (κ3) is 7.33. The van der Waals surface area contributed by atoms with Crippen molar-refractivity contribution in [2.45, 2.75) is 45.7 Å². The Morgan fingerprint density at radius 1 is 1.07 bits per heavy atom. The van der Waals surface area contributed by atoms with Crippen molar-refractivity contribution in [3.63, 3.8) is 0 Å². The van der Waals surface area contributed by atoms with Crippen LogP contribution >= 0.6 is 24.8 Å². The average Bonchev–Trinajstić information content (AvgIpc) is 2.93. The summed E-state index contributed by atoms with van der Waals surface area (Å²) >= 11 is 0. The minimum absolute atomic E-state index is 0. The zero-order valence-electron chi connectivity index (χ0n) is 23.1.